The van der Waals surface area contributed by atoms with Crippen molar-refractivity contribution >= 4 is 15.9 Å². The monoisotopic (exact) mass is 366 g/mol. The van der Waals surface area contributed by atoms with Crippen molar-refractivity contribution < 1.29 is 13.2 Å². The minimum absolute atomic E-state index is 0.0232. The lowest BCUT2D eigenvalue weighted by Crippen LogP contribution is -2.40. The van der Waals surface area contributed by atoms with Crippen LogP contribution in [-0.4, -0.2) is 37.3 Å². The highest BCUT2D eigenvalue weighted by Crippen LogP contribution is 2.26. The second-order valence-corrected chi connectivity index (χ2v) is 6.19. The van der Waals surface area contributed by atoms with E-state index in [1.807, 2.05) is 31.3 Å². The van der Waals surface area contributed by atoms with Gasteiger partial charge in [-0.1, -0.05) is 34.1 Å². The number of rotatable bonds is 7. The predicted molar refractivity (Wildman–Crippen MR) is 83.3 cm³/mol. The SMILES string of the molecule is CNC(CCN(CC(F)(F)F)C(C)C)c1ccccc1Br. The van der Waals surface area contributed by atoms with Crippen molar-refractivity contribution in [3.8, 4) is 0 Å². The molecule has 2 nitrogen and oxygen atoms in total. The molecule has 0 aliphatic rings. The average Bonchev–Trinajstić information content (AvgIpc) is 2.38. The van der Waals surface area contributed by atoms with Crippen molar-refractivity contribution in [3.63, 3.8) is 0 Å². The van der Waals surface area contributed by atoms with Gasteiger partial charge in [0.25, 0.3) is 0 Å². The van der Waals surface area contributed by atoms with Gasteiger partial charge in [0.1, 0.15) is 0 Å². The second-order valence-electron chi connectivity index (χ2n) is 5.33. The number of alkyl halides is 3. The van der Waals surface area contributed by atoms with E-state index in [4.69, 9.17) is 0 Å². The largest absolute Gasteiger partial charge is 0.401 e. The number of halogens is 4. The molecule has 1 N–H and O–H groups in total. The minimum atomic E-state index is -4.16. The van der Waals surface area contributed by atoms with Gasteiger partial charge in [-0.25, -0.2) is 0 Å². The van der Waals surface area contributed by atoms with Gasteiger partial charge in [0.15, 0.2) is 0 Å². The van der Waals surface area contributed by atoms with Crippen LogP contribution in [0.5, 0.6) is 0 Å². The van der Waals surface area contributed by atoms with Gasteiger partial charge < -0.3 is 5.32 Å². The van der Waals surface area contributed by atoms with E-state index >= 15 is 0 Å². The van der Waals surface area contributed by atoms with Crippen molar-refractivity contribution in [1.29, 1.82) is 0 Å². The first-order valence-corrected chi connectivity index (χ1v) is 7.76. The third kappa shape index (κ3) is 6.36. The molecule has 1 unspecified atom stereocenters. The summed E-state index contributed by atoms with van der Waals surface area (Å²) in [6.07, 6.45) is -3.54. The highest BCUT2D eigenvalue weighted by molar-refractivity contribution is 9.10. The Hall–Kier alpha value is -0.590. The lowest BCUT2D eigenvalue weighted by atomic mass is 10.0. The van der Waals surface area contributed by atoms with Crippen LogP contribution in [0, 0.1) is 0 Å². The summed E-state index contributed by atoms with van der Waals surface area (Å²) in [6.45, 7) is 3.11. The summed E-state index contributed by atoms with van der Waals surface area (Å²) in [7, 11) is 1.83. The second kappa shape index (κ2) is 8.15. The molecule has 1 atom stereocenters. The van der Waals surface area contributed by atoms with E-state index in [1.165, 1.54) is 4.90 Å². The molecule has 1 aromatic rings. The van der Waals surface area contributed by atoms with Gasteiger partial charge in [-0.3, -0.25) is 4.90 Å². The average molecular weight is 367 g/mol. The Morgan fingerprint density at radius 3 is 2.33 bits per heavy atom. The molecule has 0 bridgehead atoms. The smallest absolute Gasteiger partial charge is 0.313 e. The van der Waals surface area contributed by atoms with E-state index in [-0.39, 0.29) is 12.1 Å². The first-order chi connectivity index (χ1) is 9.74. The Labute approximate surface area is 132 Å². The van der Waals surface area contributed by atoms with Crippen LogP contribution in [0.25, 0.3) is 0 Å². The maximum Gasteiger partial charge on any atom is 0.401 e. The summed E-state index contributed by atoms with van der Waals surface area (Å²) in [4.78, 5) is 1.46. The molecular formula is C15H22BrF3N2. The lowest BCUT2D eigenvalue weighted by molar-refractivity contribution is -0.149. The highest BCUT2D eigenvalue weighted by atomic mass is 79.9. The molecule has 0 aromatic heterocycles. The van der Waals surface area contributed by atoms with Gasteiger partial charge in [-0.05, 0) is 38.9 Å². The van der Waals surface area contributed by atoms with E-state index in [0.717, 1.165) is 10.0 Å². The van der Waals surface area contributed by atoms with E-state index < -0.39 is 12.7 Å². The van der Waals surface area contributed by atoms with E-state index in [1.54, 1.807) is 13.8 Å². The zero-order chi connectivity index (χ0) is 16.0. The minimum Gasteiger partial charge on any atom is -0.313 e. The molecule has 21 heavy (non-hydrogen) atoms. The summed E-state index contributed by atoms with van der Waals surface area (Å²) in [5.74, 6) is 0. The van der Waals surface area contributed by atoms with Crippen LogP contribution in [0.1, 0.15) is 31.9 Å². The quantitative estimate of drug-likeness (QED) is 0.770. The van der Waals surface area contributed by atoms with Crippen LogP contribution >= 0.6 is 15.9 Å². The lowest BCUT2D eigenvalue weighted by Gasteiger charge is -2.29. The van der Waals surface area contributed by atoms with Gasteiger partial charge in [-0.15, -0.1) is 0 Å². The maximum atomic E-state index is 12.6. The van der Waals surface area contributed by atoms with Crippen LogP contribution in [0.2, 0.25) is 0 Å². The van der Waals surface area contributed by atoms with Gasteiger partial charge in [-0.2, -0.15) is 13.2 Å². The van der Waals surface area contributed by atoms with Crippen molar-refractivity contribution in [2.75, 3.05) is 20.1 Å². The summed E-state index contributed by atoms with van der Waals surface area (Å²) in [5.41, 5.74) is 1.07. The van der Waals surface area contributed by atoms with Crippen LogP contribution in [-0.2, 0) is 0 Å². The summed E-state index contributed by atoms with van der Waals surface area (Å²) in [5, 5.41) is 3.18. The predicted octanol–water partition coefficient (Wildman–Crippen LogP) is 4.37. The van der Waals surface area contributed by atoms with E-state index in [9.17, 15) is 13.2 Å². The van der Waals surface area contributed by atoms with Crippen LogP contribution in [0.4, 0.5) is 13.2 Å². The van der Waals surface area contributed by atoms with Crippen molar-refractivity contribution in [2.45, 2.75) is 38.5 Å². The molecule has 120 valence electrons. The van der Waals surface area contributed by atoms with E-state index in [2.05, 4.69) is 21.2 Å². The van der Waals surface area contributed by atoms with Crippen LogP contribution in [0.15, 0.2) is 28.7 Å². The third-order valence-corrected chi connectivity index (χ3v) is 4.17. The van der Waals surface area contributed by atoms with Gasteiger partial charge in [0, 0.05) is 23.1 Å². The zero-order valence-corrected chi connectivity index (χ0v) is 14.1. The number of benzene rings is 1. The van der Waals surface area contributed by atoms with Gasteiger partial charge >= 0.3 is 6.18 Å². The van der Waals surface area contributed by atoms with Crippen molar-refractivity contribution in [1.82, 2.24) is 10.2 Å². The molecule has 1 rings (SSSR count). The highest BCUT2D eigenvalue weighted by Gasteiger charge is 2.31. The zero-order valence-electron chi connectivity index (χ0n) is 12.5. The molecule has 0 heterocycles. The molecule has 0 fully saturated rings. The maximum absolute atomic E-state index is 12.6. The Balaban J connectivity index is 2.71. The van der Waals surface area contributed by atoms with Crippen molar-refractivity contribution in [3.05, 3.63) is 34.3 Å². The molecule has 0 spiro atoms. The molecular weight excluding hydrogens is 345 g/mol. The molecule has 0 aliphatic heterocycles. The molecule has 0 aliphatic carbocycles. The molecule has 6 heteroatoms. The normalized spacial score (nSPS) is 14.0. The Bertz CT molecular complexity index is 435. The summed E-state index contributed by atoms with van der Waals surface area (Å²) in [6, 6.07) is 7.66. The molecule has 0 amide bonds. The topological polar surface area (TPSA) is 15.3 Å². The van der Waals surface area contributed by atoms with E-state index in [0.29, 0.717) is 13.0 Å². The fraction of sp³-hybridized carbons (Fsp3) is 0.600. The van der Waals surface area contributed by atoms with Crippen molar-refractivity contribution in [2.24, 2.45) is 0 Å². The fourth-order valence-corrected chi connectivity index (χ4v) is 2.82. The number of hydrogen-bond donors (Lipinski definition) is 1. The third-order valence-electron chi connectivity index (χ3n) is 3.45. The fourth-order valence-electron chi connectivity index (χ4n) is 2.26. The Kier molecular flexibility index (Phi) is 7.16. The standard InChI is InChI=1S/C15H22BrF3N2/c1-11(2)21(10-15(17,18)19)9-8-14(20-3)12-6-4-5-7-13(12)16/h4-7,11,14,20H,8-10H2,1-3H3. The van der Waals surface area contributed by atoms with Gasteiger partial charge in [0.2, 0.25) is 0 Å². The summed E-state index contributed by atoms with van der Waals surface area (Å²) >= 11 is 3.49. The first-order valence-electron chi connectivity index (χ1n) is 6.97. The van der Waals surface area contributed by atoms with Gasteiger partial charge in [0.05, 0.1) is 6.54 Å². The van der Waals surface area contributed by atoms with Crippen LogP contribution < -0.4 is 5.32 Å². The molecule has 0 saturated carbocycles. The molecule has 0 radical (unpaired) electrons. The first kappa shape index (κ1) is 18.5. The number of nitrogens with zero attached hydrogens (tertiary/aromatic N) is 1. The number of hydrogen-bond acceptors (Lipinski definition) is 2. The Morgan fingerprint density at radius 2 is 1.86 bits per heavy atom. The summed E-state index contributed by atoms with van der Waals surface area (Å²) < 4.78 is 38.8. The Morgan fingerprint density at radius 1 is 1.24 bits per heavy atom. The molecule has 0 saturated heterocycles. The van der Waals surface area contributed by atoms with Crippen LogP contribution in [0.3, 0.4) is 0 Å². The number of nitrogens with one attached hydrogen (secondary N) is 1. The molecule has 1 aromatic carbocycles.